The second-order valence-corrected chi connectivity index (χ2v) is 6.64. The molecule has 0 aromatic rings. The molecule has 0 radical (unpaired) electrons. The molecule has 0 spiro atoms. The Morgan fingerprint density at radius 1 is 1.35 bits per heavy atom. The van der Waals surface area contributed by atoms with Crippen molar-refractivity contribution in [2.75, 3.05) is 26.7 Å². The molecular weight excluding hydrogens is 298 g/mol. The molecule has 0 aromatic carbocycles. The summed E-state index contributed by atoms with van der Waals surface area (Å²) in [6, 6.07) is -0.320. The Kier molecular flexibility index (Phi) is 6.38. The van der Waals surface area contributed by atoms with Crippen molar-refractivity contribution in [2.45, 2.75) is 51.1 Å². The Bertz CT molecular complexity index is 455. The van der Waals surface area contributed by atoms with Crippen LogP contribution in [0.4, 0.5) is 0 Å². The van der Waals surface area contributed by atoms with Gasteiger partial charge in [-0.3, -0.25) is 14.4 Å². The second-order valence-electron chi connectivity index (χ2n) is 6.64. The fraction of sp³-hybridized carbons (Fsp3) is 0.812. The van der Waals surface area contributed by atoms with Crippen molar-refractivity contribution in [3.63, 3.8) is 0 Å². The third kappa shape index (κ3) is 4.92. The van der Waals surface area contributed by atoms with Crippen LogP contribution in [0, 0.1) is 5.92 Å². The number of hydrogen-bond acceptors (Lipinski definition) is 4. The van der Waals surface area contributed by atoms with Crippen molar-refractivity contribution in [1.82, 2.24) is 10.6 Å². The molecule has 1 aliphatic carbocycles. The Balaban J connectivity index is 1.91. The zero-order chi connectivity index (χ0) is 16.8. The van der Waals surface area contributed by atoms with Gasteiger partial charge >= 0.3 is 5.97 Å². The summed E-state index contributed by atoms with van der Waals surface area (Å²) in [7, 11) is 1.31. The van der Waals surface area contributed by atoms with Gasteiger partial charge in [0.15, 0.2) is 12.6 Å². The largest absolute Gasteiger partial charge is 0.469 e. The number of methoxy groups -OCH3 is 1. The minimum absolute atomic E-state index is 0.00474. The van der Waals surface area contributed by atoms with E-state index in [1.165, 1.54) is 13.5 Å². The van der Waals surface area contributed by atoms with Gasteiger partial charge in [-0.2, -0.15) is 0 Å². The van der Waals surface area contributed by atoms with Crippen LogP contribution in [0.2, 0.25) is 0 Å². The van der Waals surface area contributed by atoms with Crippen LogP contribution in [0.5, 0.6) is 0 Å². The van der Waals surface area contributed by atoms with E-state index in [9.17, 15) is 14.4 Å². The van der Waals surface area contributed by atoms with E-state index in [2.05, 4.69) is 22.3 Å². The molecule has 1 saturated carbocycles. The van der Waals surface area contributed by atoms with Crippen molar-refractivity contribution in [3.8, 4) is 0 Å². The van der Waals surface area contributed by atoms with Gasteiger partial charge in [-0.1, -0.05) is 19.8 Å². The normalized spacial score (nSPS) is 31.1. The minimum atomic E-state index is -0.550. The van der Waals surface area contributed by atoms with Gasteiger partial charge in [-0.25, -0.2) is 0 Å². The number of rotatable bonds is 5. The SMILES string of the molecule is COC(=O)C[C@H]1C(=O)NCC[NH+]1CC(=O)N[C@H]1CCCC[C@H]1C. The van der Waals surface area contributed by atoms with Crippen LogP contribution in [0.15, 0.2) is 0 Å². The van der Waals surface area contributed by atoms with Gasteiger partial charge in [0.2, 0.25) is 0 Å². The molecule has 1 unspecified atom stereocenters. The molecule has 1 saturated heterocycles. The fourth-order valence-corrected chi connectivity index (χ4v) is 3.52. The summed E-state index contributed by atoms with van der Waals surface area (Å²) in [6.07, 6.45) is 4.56. The first-order valence-electron chi connectivity index (χ1n) is 8.49. The van der Waals surface area contributed by atoms with E-state index in [0.717, 1.165) is 24.2 Å². The highest BCUT2D eigenvalue weighted by atomic mass is 16.5. The van der Waals surface area contributed by atoms with Gasteiger partial charge in [-0.15, -0.1) is 0 Å². The molecule has 7 nitrogen and oxygen atoms in total. The van der Waals surface area contributed by atoms with Gasteiger partial charge in [0.1, 0.15) is 6.42 Å². The lowest BCUT2D eigenvalue weighted by Gasteiger charge is -2.33. The monoisotopic (exact) mass is 326 g/mol. The summed E-state index contributed by atoms with van der Waals surface area (Å²) in [5, 5.41) is 5.86. The molecule has 130 valence electrons. The lowest BCUT2D eigenvalue weighted by atomic mass is 9.86. The summed E-state index contributed by atoms with van der Waals surface area (Å²) in [6.45, 7) is 3.56. The molecule has 3 N–H and O–H groups in total. The molecule has 4 atom stereocenters. The van der Waals surface area contributed by atoms with Gasteiger partial charge in [0.25, 0.3) is 11.8 Å². The summed E-state index contributed by atoms with van der Waals surface area (Å²) < 4.78 is 4.66. The van der Waals surface area contributed by atoms with Crippen molar-refractivity contribution >= 4 is 17.8 Å². The molecule has 23 heavy (non-hydrogen) atoms. The number of ether oxygens (including phenoxy) is 1. The quantitative estimate of drug-likeness (QED) is 0.544. The predicted octanol–water partition coefficient (Wildman–Crippen LogP) is -1.37. The Labute approximate surface area is 137 Å². The average Bonchev–Trinajstić information content (AvgIpc) is 2.52. The fourth-order valence-electron chi connectivity index (χ4n) is 3.52. The molecule has 2 amide bonds. The topological polar surface area (TPSA) is 88.9 Å². The van der Waals surface area contributed by atoms with Gasteiger partial charge in [0.05, 0.1) is 20.2 Å². The first kappa shape index (κ1) is 17.7. The molecule has 2 rings (SSSR count). The van der Waals surface area contributed by atoms with Crippen LogP contribution in [0.3, 0.4) is 0 Å². The maximum atomic E-state index is 12.4. The van der Waals surface area contributed by atoms with E-state index in [-0.39, 0.29) is 30.8 Å². The highest BCUT2D eigenvalue weighted by molar-refractivity contribution is 5.86. The Morgan fingerprint density at radius 2 is 2.09 bits per heavy atom. The smallest absolute Gasteiger partial charge is 0.312 e. The molecule has 1 aliphatic heterocycles. The molecule has 1 heterocycles. The van der Waals surface area contributed by atoms with E-state index in [1.807, 2.05) is 0 Å². The van der Waals surface area contributed by atoms with E-state index in [0.29, 0.717) is 19.0 Å². The molecule has 0 aromatic heterocycles. The lowest BCUT2D eigenvalue weighted by molar-refractivity contribution is -0.909. The predicted molar refractivity (Wildman–Crippen MR) is 83.7 cm³/mol. The third-order valence-electron chi connectivity index (χ3n) is 5.00. The molecule has 7 heteroatoms. The number of amides is 2. The first-order valence-corrected chi connectivity index (χ1v) is 8.49. The van der Waals surface area contributed by atoms with E-state index in [4.69, 9.17) is 0 Å². The van der Waals surface area contributed by atoms with E-state index < -0.39 is 12.0 Å². The van der Waals surface area contributed by atoms with Crippen molar-refractivity contribution in [3.05, 3.63) is 0 Å². The van der Waals surface area contributed by atoms with E-state index in [1.54, 1.807) is 0 Å². The molecular formula is C16H28N3O4+. The van der Waals surface area contributed by atoms with Crippen LogP contribution < -0.4 is 15.5 Å². The number of carbonyl (C=O) groups excluding carboxylic acids is 3. The third-order valence-corrected chi connectivity index (χ3v) is 5.00. The first-order chi connectivity index (χ1) is 11.0. The number of piperazine rings is 1. The Hall–Kier alpha value is -1.63. The summed E-state index contributed by atoms with van der Waals surface area (Å²) >= 11 is 0. The molecule has 0 bridgehead atoms. The highest BCUT2D eigenvalue weighted by Gasteiger charge is 2.37. The number of quaternary nitrogens is 1. The summed E-state index contributed by atoms with van der Waals surface area (Å²) in [4.78, 5) is 36.7. The van der Waals surface area contributed by atoms with Gasteiger partial charge in [-0.05, 0) is 18.8 Å². The minimum Gasteiger partial charge on any atom is -0.469 e. The van der Waals surface area contributed by atoms with Crippen molar-refractivity contribution < 1.29 is 24.0 Å². The zero-order valence-corrected chi connectivity index (χ0v) is 14.0. The van der Waals surface area contributed by atoms with E-state index >= 15 is 0 Å². The van der Waals surface area contributed by atoms with Crippen molar-refractivity contribution in [1.29, 1.82) is 0 Å². The van der Waals surface area contributed by atoms with Crippen molar-refractivity contribution in [2.24, 2.45) is 5.92 Å². The van der Waals surface area contributed by atoms with Crippen LogP contribution in [-0.2, 0) is 19.1 Å². The number of nitrogens with one attached hydrogen (secondary N) is 3. The maximum absolute atomic E-state index is 12.4. The highest BCUT2D eigenvalue weighted by Crippen LogP contribution is 2.23. The van der Waals surface area contributed by atoms with Crippen LogP contribution in [0.25, 0.3) is 0 Å². The van der Waals surface area contributed by atoms with Crippen LogP contribution in [0.1, 0.15) is 39.0 Å². The maximum Gasteiger partial charge on any atom is 0.312 e. The lowest BCUT2D eigenvalue weighted by Crippen LogP contribution is -3.20. The summed E-state index contributed by atoms with van der Waals surface area (Å²) in [5.41, 5.74) is 0. The number of hydrogen-bond donors (Lipinski definition) is 3. The van der Waals surface area contributed by atoms with Crippen LogP contribution in [-0.4, -0.2) is 56.6 Å². The van der Waals surface area contributed by atoms with Gasteiger partial charge in [0, 0.05) is 6.04 Å². The second kappa shape index (κ2) is 8.29. The average molecular weight is 326 g/mol. The molecule has 2 fully saturated rings. The molecule has 2 aliphatic rings. The van der Waals surface area contributed by atoms with Crippen LogP contribution >= 0.6 is 0 Å². The summed E-state index contributed by atoms with van der Waals surface area (Å²) in [5.74, 6) is -0.150. The zero-order valence-electron chi connectivity index (χ0n) is 14.0. The van der Waals surface area contributed by atoms with Gasteiger partial charge < -0.3 is 20.3 Å². The number of carbonyl (C=O) groups is 3. The number of esters is 1. The standard InChI is InChI=1S/C16H27N3O4/c1-11-5-3-4-6-12(11)18-14(20)10-19-8-7-17-16(22)13(19)9-15(21)23-2/h11-13H,3-10H2,1-2H3,(H,17,22)(H,18,20)/p+1/t11-,12+,13+/m1/s1. The Morgan fingerprint density at radius 3 is 2.78 bits per heavy atom.